The van der Waals surface area contributed by atoms with Gasteiger partial charge in [0.15, 0.2) is 11.5 Å². The normalized spacial score (nSPS) is 10.5. The minimum atomic E-state index is -0.421. The van der Waals surface area contributed by atoms with Crippen molar-refractivity contribution in [1.29, 1.82) is 0 Å². The molecule has 0 aliphatic carbocycles. The zero-order valence-electron chi connectivity index (χ0n) is 14.8. The van der Waals surface area contributed by atoms with E-state index in [1.54, 1.807) is 30.3 Å². The van der Waals surface area contributed by atoms with Crippen molar-refractivity contribution < 1.29 is 23.7 Å². The zero-order chi connectivity index (χ0) is 19.1. The number of hydrogen-bond donors (Lipinski definition) is 1. The molecule has 7 nitrogen and oxygen atoms in total. The fourth-order valence-corrected chi connectivity index (χ4v) is 2.33. The third-order valence-electron chi connectivity index (χ3n) is 3.49. The maximum Gasteiger partial charge on any atom is 0.271 e. The third-order valence-corrected chi connectivity index (χ3v) is 3.81. The molecule has 1 N–H and O–H groups in total. The maximum atomic E-state index is 12.3. The molecule has 0 saturated carbocycles. The van der Waals surface area contributed by atoms with Gasteiger partial charge in [-0.25, -0.2) is 5.43 Å². The van der Waals surface area contributed by atoms with Crippen molar-refractivity contribution >= 4 is 23.7 Å². The Kier molecular flexibility index (Phi) is 6.68. The summed E-state index contributed by atoms with van der Waals surface area (Å²) in [5.41, 5.74) is 3.34. The van der Waals surface area contributed by atoms with Gasteiger partial charge < -0.3 is 18.9 Å². The number of benzene rings is 2. The van der Waals surface area contributed by atoms with Gasteiger partial charge in [0.1, 0.15) is 11.5 Å². The van der Waals surface area contributed by atoms with Gasteiger partial charge >= 0.3 is 0 Å². The van der Waals surface area contributed by atoms with Crippen LogP contribution < -0.4 is 24.4 Å². The van der Waals surface area contributed by atoms with Crippen molar-refractivity contribution in [3.63, 3.8) is 0 Å². The van der Waals surface area contributed by atoms with Gasteiger partial charge in [0.05, 0.1) is 39.7 Å². The van der Waals surface area contributed by atoms with Crippen molar-refractivity contribution in [3.05, 3.63) is 46.5 Å². The number of hydrazone groups is 1. The van der Waals surface area contributed by atoms with E-state index in [0.29, 0.717) is 39.1 Å². The molecule has 0 aliphatic heterocycles. The molecule has 0 bridgehead atoms. The minimum Gasteiger partial charge on any atom is -0.497 e. The monoisotopic (exact) mass is 378 g/mol. The van der Waals surface area contributed by atoms with Crippen LogP contribution in [0.2, 0.25) is 5.02 Å². The number of halogens is 1. The summed E-state index contributed by atoms with van der Waals surface area (Å²) in [6.07, 6.45) is 1.42. The molecule has 138 valence electrons. The molecule has 0 saturated heterocycles. The second-order valence-electron chi connectivity index (χ2n) is 5.03. The predicted molar refractivity (Wildman–Crippen MR) is 99.2 cm³/mol. The number of rotatable bonds is 7. The van der Waals surface area contributed by atoms with Crippen LogP contribution in [0.25, 0.3) is 0 Å². The lowest BCUT2D eigenvalue weighted by Crippen LogP contribution is -2.17. The fourth-order valence-electron chi connectivity index (χ4n) is 2.13. The maximum absolute atomic E-state index is 12.3. The van der Waals surface area contributed by atoms with Crippen LogP contribution in [0, 0.1) is 0 Å². The molecule has 1 amide bonds. The summed E-state index contributed by atoms with van der Waals surface area (Å²) in [5.74, 6) is 1.59. The number of amides is 1. The summed E-state index contributed by atoms with van der Waals surface area (Å²) < 4.78 is 20.7. The summed E-state index contributed by atoms with van der Waals surface area (Å²) in [6.45, 7) is 0. The summed E-state index contributed by atoms with van der Waals surface area (Å²) in [4.78, 5) is 12.3. The van der Waals surface area contributed by atoms with E-state index in [2.05, 4.69) is 10.5 Å². The van der Waals surface area contributed by atoms with Gasteiger partial charge in [-0.15, -0.1) is 0 Å². The molecular formula is C18H19ClN2O5. The smallest absolute Gasteiger partial charge is 0.271 e. The molecule has 0 fully saturated rings. The number of nitrogens with zero attached hydrogens (tertiary/aromatic N) is 1. The Labute approximate surface area is 156 Å². The highest BCUT2D eigenvalue weighted by Gasteiger charge is 2.10. The molecular weight excluding hydrogens is 360 g/mol. The third kappa shape index (κ3) is 4.58. The van der Waals surface area contributed by atoms with Crippen LogP contribution in [0.1, 0.15) is 15.9 Å². The quantitative estimate of drug-likeness (QED) is 0.591. The highest BCUT2D eigenvalue weighted by Crippen LogP contribution is 2.32. The largest absolute Gasteiger partial charge is 0.497 e. The van der Waals surface area contributed by atoms with Crippen LogP contribution in [0.3, 0.4) is 0 Å². The molecule has 0 unspecified atom stereocenters. The second kappa shape index (κ2) is 8.96. The Morgan fingerprint density at radius 2 is 1.50 bits per heavy atom. The van der Waals surface area contributed by atoms with Crippen LogP contribution >= 0.6 is 11.6 Å². The molecule has 2 aromatic rings. The van der Waals surface area contributed by atoms with Gasteiger partial charge in [0.25, 0.3) is 5.91 Å². The van der Waals surface area contributed by atoms with E-state index in [0.717, 1.165) is 0 Å². The molecule has 0 atom stereocenters. The first-order valence-electron chi connectivity index (χ1n) is 7.50. The van der Waals surface area contributed by atoms with Crippen LogP contribution in [0.5, 0.6) is 23.0 Å². The summed E-state index contributed by atoms with van der Waals surface area (Å²) >= 11 is 6.18. The summed E-state index contributed by atoms with van der Waals surface area (Å²) in [5, 5.41) is 4.34. The molecule has 0 aliphatic rings. The lowest BCUT2D eigenvalue weighted by molar-refractivity contribution is 0.0954. The first-order chi connectivity index (χ1) is 12.5. The number of ether oxygens (including phenoxy) is 4. The Morgan fingerprint density at radius 1 is 0.923 bits per heavy atom. The van der Waals surface area contributed by atoms with Gasteiger partial charge in [0.2, 0.25) is 0 Å². The van der Waals surface area contributed by atoms with Crippen LogP contribution in [-0.4, -0.2) is 40.6 Å². The Balaban J connectivity index is 2.17. The molecule has 0 radical (unpaired) electrons. The Morgan fingerprint density at radius 3 is 2.04 bits per heavy atom. The first kappa shape index (κ1) is 19.4. The molecule has 0 spiro atoms. The number of carbonyl (C=O) groups is 1. The van der Waals surface area contributed by atoms with E-state index in [1.165, 1.54) is 34.7 Å². The molecule has 2 aromatic carbocycles. The van der Waals surface area contributed by atoms with Crippen LogP contribution in [-0.2, 0) is 0 Å². The van der Waals surface area contributed by atoms with E-state index in [9.17, 15) is 4.79 Å². The topological polar surface area (TPSA) is 78.4 Å². The highest BCUT2D eigenvalue weighted by atomic mass is 35.5. The van der Waals surface area contributed by atoms with Crippen LogP contribution in [0.4, 0.5) is 0 Å². The van der Waals surface area contributed by atoms with Gasteiger partial charge in [-0.3, -0.25) is 4.79 Å². The molecule has 8 heteroatoms. The summed E-state index contributed by atoms with van der Waals surface area (Å²) in [7, 11) is 6.05. The van der Waals surface area contributed by atoms with Crippen molar-refractivity contribution in [1.82, 2.24) is 5.43 Å². The van der Waals surface area contributed by atoms with E-state index in [4.69, 9.17) is 30.5 Å². The number of nitrogens with one attached hydrogen (secondary N) is 1. The predicted octanol–water partition coefficient (Wildman–Crippen LogP) is 3.14. The lowest BCUT2D eigenvalue weighted by atomic mass is 10.2. The Hall–Kier alpha value is -2.93. The van der Waals surface area contributed by atoms with Gasteiger partial charge in [0, 0.05) is 23.3 Å². The van der Waals surface area contributed by atoms with Crippen molar-refractivity contribution in [3.8, 4) is 23.0 Å². The molecule has 26 heavy (non-hydrogen) atoms. The van der Waals surface area contributed by atoms with E-state index >= 15 is 0 Å². The number of hydrogen-bond acceptors (Lipinski definition) is 6. The van der Waals surface area contributed by atoms with Crippen molar-refractivity contribution in [2.45, 2.75) is 0 Å². The van der Waals surface area contributed by atoms with Gasteiger partial charge in [-0.05, 0) is 18.2 Å². The average Bonchev–Trinajstić information content (AvgIpc) is 2.68. The minimum absolute atomic E-state index is 0.344. The zero-order valence-corrected chi connectivity index (χ0v) is 15.6. The average molecular weight is 379 g/mol. The van der Waals surface area contributed by atoms with E-state index < -0.39 is 5.91 Å². The van der Waals surface area contributed by atoms with Gasteiger partial charge in [-0.2, -0.15) is 5.10 Å². The SMILES string of the molecule is COc1cc(OC)cc(C(=O)N/N=C\c2cc(OC)c(OC)cc2Cl)c1. The van der Waals surface area contributed by atoms with E-state index in [-0.39, 0.29) is 0 Å². The number of methoxy groups -OCH3 is 4. The van der Waals surface area contributed by atoms with Crippen molar-refractivity contribution in [2.24, 2.45) is 5.10 Å². The van der Waals surface area contributed by atoms with Gasteiger partial charge in [-0.1, -0.05) is 11.6 Å². The lowest BCUT2D eigenvalue weighted by Gasteiger charge is -2.09. The fraction of sp³-hybridized carbons (Fsp3) is 0.222. The van der Waals surface area contributed by atoms with Crippen LogP contribution in [0.15, 0.2) is 35.4 Å². The highest BCUT2D eigenvalue weighted by molar-refractivity contribution is 6.33. The second-order valence-corrected chi connectivity index (χ2v) is 5.44. The molecule has 0 aromatic heterocycles. The Bertz CT molecular complexity index is 801. The molecule has 0 heterocycles. The first-order valence-corrected chi connectivity index (χ1v) is 7.88. The molecule has 2 rings (SSSR count). The summed E-state index contributed by atoms with van der Waals surface area (Å²) in [6, 6.07) is 8.10. The van der Waals surface area contributed by atoms with E-state index in [1.807, 2.05) is 0 Å². The van der Waals surface area contributed by atoms with Crippen molar-refractivity contribution in [2.75, 3.05) is 28.4 Å². The standard InChI is InChI=1S/C18H19ClN2O5/c1-23-13-5-11(6-14(8-13)24-2)18(22)21-20-10-12-7-16(25-3)17(26-4)9-15(12)19/h5-10H,1-4H3,(H,21,22)/b20-10-. The number of carbonyl (C=O) groups excluding carboxylic acids is 1.